The number of hydrogen-bond acceptors (Lipinski definition) is 7. The maximum absolute atomic E-state index is 14.7. The monoisotopic (exact) mass is 728 g/mol. The Morgan fingerprint density at radius 1 is 1.08 bits per heavy atom. The average molecular weight is 729 g/mol. The van der Waals surface area contributed by atoms with Gasteiger partial charge in [-0.25, -0.2) is 4.79 Å². The quantitative estimate of drug-likeness (QED) is 0.217. The van der Waals surface area contributed by atoms with Crippen molar-refractivity contribution in [3.63, 3.8) is 0 Å². The van der Waals surface area contributed by atoms with Gasteiger partial charge in [-0.3, -0.25) is 14.4 Å². The van der Waals surface area contributed by atoms with Crippen LogP contribution < -0.4 is 16.0 Å². The van der Waals surface area contributed by atoms with Crippen molar-refractivity contribution >= 4 is 62.4 Å². The fourth-order valence-electron chi connectivity index (χ4n) is 8.65. The maximum Gasteiger partial charge on any atom is 0.408 e. The first-order chi connectivity index (χ1) is 23.7. The fourth-order valence-corrected chi connectivity index (χ4v) is 12.5. The van der Waals surface area contributed by atoms with Crippen molar-refractivity contribution < 1.29 is 23.9 Å². The van der Waals surface area contributed by atoms with E-state index >= 15 is 0 Å². The number of rotatable bonds is 11. The number of thioether (sulfide) groups is 1. The van der Waals surface area contributed by atoms with Gasteiger partial charge in [0, 0.05) is 22.2 Å². The molecule has 0 radical (unpaired) electrons. The molecule has 3 aliphatic heterocycles. The molecule has 2 saturated carbocycles. The van der Waals surface area contributed by atoms with Gasteiger partial charge in [0.1, 0.15) is 17.5 Å². The molecule has 266 valence electrons. The van der Waals surface area contributed by atoms with Crippen LogP contribution in [0.4, 0.5) is 4.79 Å². The lowest BCUT2D eigenvalue weighted by atomic mass is 9.73. The van der Waals surface area contributed by atoms with Crippen LogP contribution in [-0.4, -0.2) is 62.8 Å². The normalized spacial score (nSPS) is 27.4. The first kappa shape index (κ1) is 36.2. The minimum absolute atomic E-state index is 0.0435. The molecule has 0 aromatic heterocycles. The van der Waals surface area contributed by atoms with Crippen molar-refractivity contribution in [1.82, 2.24) is 16.0 Å². The van der Waals surface area contributed by atoms with E-state index in [0.717, 1.165) is 87.7 Å². The summed E-state index contributed by atoms with van der Waals surface area (Å²) in [5.74, 6) is 1.35. The number of halogens is 1. The number of carbonyl (C=O) groups is 4. The lowest BCUT2D eigenvalue weighted by molar-refractivity contribution is -0.135. The van der Waals surface area contributed by atoms with E-state index in [1.54, 1.807) is 18.2 Å². The summed E-state index contributed by atoms with van der Waals surface area (Å²) in [7, 11) is -0.434. The Morgan fingerprint density at radius 3 is 2.49 bits per heavy atom. The summed E-state index contributed by atoms with van der Waals surface area (Å²) < 4.78 is 5.54. The molecule has 3 unspecified atom stereocenters. The number of alkyl carbamates (subject to hydrolysis) is 1. The molecule has 1 aromatic carbocycles. The van der Waals surface area contributed by atoms with Crippen molar-refractivity contribution in [2.75, 3.05) is 17.3 Å². The average Bonchev–Trinajstić information content (AvgIpc) is 3.73. The zero-order valence-electron chi connectivity index (χ0n) is 28.2. The Balaban J connectivity index is 1.22. The standard InChI is InChI=1S/C37H49ClN4O5S2/c38-28-13-9-12-26(18-28)23-47-35(46)41-34-37(24-48-34,20-25-10-3-1-4-11-25)33(45)40-29(31(43)30(22-39)49-16-7-8-17-49)19-27-21-36(42-32(27)44)14-5-2-6-15-36/h9,12-13,18,25,27,29,34H,1-8,10-11,14-17,19-21,23-24H2,(H,40,45)(H,41,46)(H,42,44)/t27?,29?,34?,37-/m0/s1. The van der Waals surface area contributed by atoms with Gasteiger partial charge in [-0.2, -0.15) is 15.7 Å². The molecule has 49 heavy (non-hydrogen) atoms. The second-order valence-electron chi connectivity index (χ2n) is 14.8. The molecule has 0 bridgehead atoms. The summed E-state index contributed by atoms with van der Waals surface area (Å²) in [6.07, 6.45) is 13.4. The minimum atomic E-state index is -0.978. The summed E-state index contributed by atoms with van der Waals surface area (Å²) >= 11 is 7.60. The lowest BCUT2D eigenvalue weighted by Crippen LogP contribution is -2.64. The van der Waals surface area contributed by atoms with Crippen LogP contribution >= 0.6 is 33.8 Å². The van der Waals surface area contributed by atoms with E-state index in [9.17, 15) is 24.4 Å². The Labute approximate surface area is 301 Å². The second-order valence-corrected chi connectivity index (χ2v) is 18.6. The van der Waals surface area contributed by atoms with Crippen molar-refractivity contribution in [3.05, 3.63) is 34.9 Å². The minimum Gasteiger partial charge on any atom is -0.445 e. The third kappa shape index (κ3) is 8.50. The van der Waals surface area contributed by atoms with Crippen molar-refractivity contribution in [2.45, 2.75) is 120 Å². The van der Waals surface area contributed by atoms with Gasteiger partial charge in [0.15, 0.2) is 0 Å². The van der Waals surface area contributed by atoms with E-state index in [1.165, 1.54) is 18.2 Å². The Bertz CT molecular complexity index is 1490. The Hall–Kier alpha value is -2.55. The van der Waals surface area contributed by atoms with Crippen LogP contribution in [0.15, 0.2) is 24.3 Å². The zero-order valence-corrected chi connectivity index (χ0v) is 30.6. The number of ketones is 1. The number of nitriles is 1. The van der Waals surface area contributed by atoms with Crippen LogP contribution in [0.2, 0.25) is 5.02 Å². The second kappa shape index (κ2) is 16.2. The molecule has 4 atom stereocenters. The van der Waals surface area contributed by atoms with Crippen molar-refractivity contribution in [2.24, 2.45) is 17.3 Å². The molecule has 3 heterocycles. The van der Waals surface area contributed by atoms with Gasteiger partial charge < -0.3 is 20.7 Å². The van der Waals surface area contributed by atoms with Crippen molar-refractivity contribution in [3.8, 4) is 6.07 Å². The smallest absolute Gasteiger partial charge is 0.408 e. The van der Waals surface area contributed by atoms with E-state index in [0.29, 0.717) is 29.5 Å². The molecule has 5 fully saturated rings. The van der Waals surface area contributed by atoms with Gasteiger partial charge >= 0.3 is 6.09 Å². The highest BCUT2D eigenvalue weighted by molar-refractivity contribution is 8.17. The molecule has 12 heteroatoms. The number of Topliss-reactive ketones (excluding diaryl/α,β-unsaturated/α-hetero) is 1. The number of nitrogens with zero attached hydrogens (tertiary/aromatic N) is 1. The molecule has 1 spiro atoms. The topological polar surface area (TPSA) is 137 Å². The first-order valence-electron chi connectivity index (χ1n) is 18.1. The maximum atomic E-state index is 14.7. The molecule has 1 aromatic rings. The van der Waals surface area contributed by atoms with Crippen LogP contribution in [0.25, 0.3) is 0 Å². The largest absolute Gasteiger partial charge is 0.445 e. The van der Waals surface area contributed by atoms with Gasteiger partial charge in [0.2, 0.25) is 17.6 Å². The van der Waals surface area contributed by atoms with Gasteiger partial charge in [0.25, 0.3) is 0 Å². The van der Waals surface area contributed by atoms with Crippen molar-refractivity contribution in [1.29, 1.82) is 5.26 Å². The van der Waals surface area contributed by atoms with Crippen LogP contribution in [0.1, 0.15) is 102 Å². The fraction of sp³-hybridized carbons (Fsp3) is 0.676. The highest BCUT2D eigenvalue weighted by atomic mass is 35.5. The van der Waals surface area contributed by atoms with Gasteiger partial charge in [-0.05, 0) is 80.1 Å². The summed E-state index contributed by atoms with van der Waals surface area (Å²) in [6, 6.07) is 8.37. The number of amides is 3. The molecule has 5 aliphatic rings. The number of carbonyl (C=O) groups excluding carboxylic acids is 4. The highest BCUT2D eigenvalue weighted by Crippen LogP contribution is 2.51. The predicted molar refractivity (Wildman–Crippen MR) is 195 cm³/mol. The predicted octanol–water partition coefficient (Wildman–Crippen LogP) is 6.64. The zero-order chi connectivity index (χ0) is 34.4. The molecular formula is C37H49ClN4O5S2. The summed E-state index contributed by atoms with van der Waals surface area (Å²) in [6.45, 7) is 0.0435. The first-order valence-corrected chi connectivity index (χ1v) is 21.1. The van der Waals surface area contributed by atoms with Gasteiger partial charge in [-0.15, -0.1) is 11.8 Å². The molecule has 3 amide bonds. The molecule has 2 aliphatic carbocycles. The Kier molecular flexibility index (Phi) is 12.0. The van der Waals surface area contributed by atoms with E-state index in [4.69, 9.17) is 16.3 Å². The van der Waals surface area contributed by atoms with Crippen LogP contribution in [-0.2, 0) is 25.7 Å². The van der Waals surface area contributed by atoms with E-state index in [2.05, 4.69) is 22.0 Å². The molecule has 6 rings (SSSR count). The molecule has 3 N–H and O–H groups in total. The van der Waals surface area contributed by atoms with Crippen LogP contribution in [0, 0.1) is 28.6 Å². The summed E-state index contributed by atoms with van der Waals surface area (Å²) in [5.41, 5.74) is -0.416. The third-order valence-electron chi connectivity index (χ3n) is 11.3. The van der Waals surface area contributed by atoms with Gasteiger partial charge in [0.05, 0.1) is 16.8 Å². The van der Waals surface area contributed by atoms with E-state index in [1.807, 2.05) is 6.07 Å². The number of ether oxygens (including phenoxy) is 1. The van der Waals surface area contributed by atoms with Crippen LogP contribution in [0.3, 0.4) is 0 Å². The number of hydrogen-bond donors (Lipinski definition) is 3. The highest BCUT2D eigenvalue weighted by Gasteiger charge is 2.56. The van der Waals surface area contributed by atoms with E-state index < -0.39 is 39.3 Å². The third-order valence-corrected chi connectivity index (χ3v) is 15.6. The molecule has 3 saturated heterocycles. The Morgan fingerprint density at radius 2 is 1.82 bits per heavy atom. The van der Waals surface area contributed by atoms with E-state index in [-0.39, 0.29) is 41.0 Å². The van der Waals surface area contributed by atoms with Gasteiger partial charge in [-0.1, -0.05) is 75.1 Å². The van der Waals surface area contributed by atoms with Crippen LogP contribution in [0.5, 0.6) is 0 Å². The number of nitrogens with one attached hydrogen (secondary N) is 3. The lowest BCUT2D eigenvalue weighted by Gasteiger charge is -2.49. The SMILES string of the molecule is N#CC(C(=O)C(CC1CC2(CCCCC2)NC1=O)NC(=O)[C@]1(CC2CCCCC2)CSC1NC(=O)OCc1cccc(Cl)c1)=S1CCCC1. The number of benzene rings is 1. The summed E-state index contributed by atoms with van der Waals surface area (Å²) in [4.78, 5) is 55.7. The molecular weight excluding hydrogens is 680 g/mol. The summed E-state index contributed by atoms with van der Waals surface area (Å²) in [5, 5.41) is 19.6. The molecule has 9 nitrogen and oxygen atoms in total.